The van der Waals surface area contributed by atoms with Crippen molar-refractivity contribution in [3.8, 4) is 0 Å². The van der Waals surface area contributed by atoms with Crippen LogP contribution < -0.4 is 5.32 Å². The molecule has 1 aliphatic heterocycles. The Hall–Kier alpha value is -0.0800. The van der Waals surface area contributed by atoms with Crippen molar-refractivity contribution in [3.63, 3.8) is 0 Å². The van der Waals surface area contributed by atoms with Gasteiger partial charge < -0.3 is 10.2 Å². The van der Waals surface area contributed by atoms with E-state index in [4.69, 9.17) is 0 Å². The van der Waals surface area contributed by atoms with Crippen LogP contribution in [0.4, 0.5) is 0 Å². The lowest BCUT2D eigenvalue weighted by Gasteiger charge is -2.19. The van der Waals surface area contributed by atoms with Gasteiger partial charge in [0.1, 0.15) is 0 Å². The normalized spacial score (nSPS) is 37.5. The fourth-order valence-electron chi connectivity index (χ4n) is 3.22. The van der Waals surface area contributed by atoms with E-state index in [-0.39, 0.29) is 0 Å². The molecule has 0 spiro atoms. The third kappa shape index (κ3) is 3.74. The number of nitrogens with one attached hydrogen (secondary N) is 1. The Morgan fingerprint density at radius 3 is 2.75 bits per heavy atom. The smallest absolute Gasteiger partial charge is 0.00672 e. The highest BCUT2D eigenvalue weighted by Gasteiger charge is 2.21. The summed E-state index contributed by atoms with van der Waals surface area (Å²) in [6.07, 6.45) is 8.53. The number of hydrogen-bond donors (Lipinski definition) is 1. The summed E-state index contributed by atoms with van der Waals surface area (Å²) in [6.45, 7) is 6.27. The minimum atomic E-state index is 0.816. The van der Waals surface area contributed by atoms with E-state index in [2.05, 4.69) is 24.2 Å². The molecule has 16 heavy (non-hydrogen) atoms. The zero-order valence-corrected chi connectivity index (χ0v) is 11.0. The monoisotopic (exact) mass is 224 g/mol. The molecule has 3 unspecified atom stereocenters. The number of nitrogens with zero attached hydrogens (tertiary/aromatic N) is 1. The Labute approximate surface area is 101 Å². The maximum absolute atomic E-state index is 3.82. The number of rotatable bonds is 3. The molecule has 0 aromatic heterocycles. The van der Waals surface area contributed by atoms with Gasteiger partial charge >= 0.3 is 0 Å². The first kappa shape index (κ1) is 12.4. The number of likely N-dealkylation sites (tertiary alicyclic amines) is 1. The summed E-state index contributed by atoms with van der Waals surface area (Å²) < 4.78 is 0. The van der Waals surface area contributed by atoms with Gasteiger partial charge in [0.2, 0.25) is 0 Å². The van der Waals surface area contributed by atoms with Crippen molar-refractivity contribution in [1.82, 2.24) is 10.2 Å². The third-order valence-electron chi connectivity index (χ3n) is 4.44. The molecule has 2 rings (SSSR count). The molecule has 0 aromatic rings. The first-order chi connectivity index (χ1) is 7.74. The lowest BCUT2D eigenvalue weighted by atomic mass is 10.0. The van der Waals surface area contributed by atoms with E-state index >= 15 is 0 Å². The van der Waals surface area contributed by atoms with Crippen LogP contribution in [0.2, 0.25) is 0 Å². The van der Waals surface area contributed by atoms with Gasteiger partial charge in [0, 0.05) is 12.6 Å². The van der Waals surface area contributed by atoms with Crippen LogP contribution in [0.25, 0.3) is 0 Å². The van der Waals surface area contributed by atoms with E-state index in [0.29, 0.717) is 0 Å². The highest BCUT2D eigenvalue weighted by Crippen LogP contribution is 2.23. The summed E-state index contributed by atoms with van der Waals surface area (Å²) in [5.41, 5.74) is 0. The predicted molar refractivity (Wildman–Crippen MR) is 69.6 cm³/mol. The summed E-state index contributed by atoms with van der Waals surface area (Å²) >= 11 is 0. The molecule has 0 radical (unpaired) electrons. The van der Waals surface area contributed by atoms with Gasteiger partial charge in [-0.25, -0.2) is 0 Å². The molecule has 2 fully saturated rings. The average Bonchev–Trinajstić information content (AvgIpc) is 2.56. The van der Waals surface area contributed by atoms with E-state index in [0.717, 1.165) is 17.9 Å². The molecule has 0 aromatic carbocycles. The largest absolute Gasteiger partial charge is 0.314 e. The Bertz CT molecular complexity index is 205. The zero-order chi connectivity index (χ0) is 11.4. The molecule has 1 N–H and O–H groups in total. The summed E-state index contributed by atoms with van der Waals surface area (Å²) in [7, 11) is 2.24. The Kier molecular flexibility index (Phi) is 4.66. The van der Waals surface area contributed by atoms with Crippen LogP contribution in [-0.4, -0.2) is 37.6 Å². The average molecular weight is 224 g/mol. The standard InChI is InChI=1S/C14H28N2/c1-12-4-3-5-14(7-6-12)15-10-13-8-9-16(2)11-13/h12-15H,3-11H2,1-2H3. The van der Waals surface area contributed by atoms with Crippen molar-refractivity contribution in [2.24, 2.45) is 11.8 Å². The summed E-state index contributed by atoms with van der Waals surface area (Å²) in [5.74, 6) is 1.87. The van der Waals surface area contributed by atoms with Crippen molar-refractivity contribution in [2.45, 2.75) is 51.5 Å². The van der Waals surface area contributed by atoms with Crippen molar-refractivity contribution in [2.75, 3.05) is 26.7 Å². The van der Waals surface area contributed by atoms with Gasteiger partial charge in [0.05, 0.1) is 0 Å². The van der Waals surface area contributed by atoms with E-state index < -0.39 is 0 Å². The van der Waals surface area contributed by atoms with Crippen LogP contribution >= 0.6 is 0 Å². The Morgan fingerprint density at radius 2 is 2.00 bits per heavy atom. The summed E-state index contributed by atoms with van der Waals surface area (Å²) in [5, 5.41) is 3.82. The van der Waals surface area contributed by atoms with Gasteiger partial charge in [0.25, 0.3) is 0 Å². The van der Waals surface area contributed by atoms with Crippen molar-refractivity contribution in [3.05, 3.63) is 0 Å². The predicted octanol–water partition coefficient (Wildman–Crippen LogP) is 2.50. The SMILES string of the molecule is CC1CCCC(NCC2CCN(C)C2)CC1. The van der Waals surface area contributed by atoms with E-state index in [1.165, 1.54) is 58.2 Å². The van der Waals surface area contributed by atoms with Crippen molar-refractivity contribution in [1.29, 1.82) is 0 Å². The molecule has 1 saturated carbocycles. The lowest BCUT2D eigenvalue weighted by Crippen LogP contribution is -2.33. The van der Waals surface area contributed by atoms with Crippen molar-refractivity contribution < 1.29 is 0 Å². The highest BCUT2D eigenvalue weighted by atomic mass is 15.1. The number of hydrogen-bond acceptors (Lipinski definition) is 2. The van der Waals surface area contributed by atoms with Gasteiger partial charge in [-0.1, -0.05) is 19.8 Å². The molecular formula is C14H28N2. The van der Waals surface area contributed by atoms with Gasteiger partial charge in [-0.3, -0.25) is 0 Å². The van der Waals surface area contributed by atoms with E-state index in [9.17, 15) is 0 Å². The molecule has 1 aliphatic carbocycles. The molecule has 2 aliphatic rings. The zero-order valence-electron chi connectivity index (χ0n) is 11.0. The molecule has 1 saturated heterocycles. The molecular weight excluding hydrogens is 196 g/mol. The Morgan fingerprint density at radius 1 is 1.12 bits per heavy atom. The van der Waals surface area contributed by atoms with Crippen LogP contribution in [0.3, 0.4) is 0 Å². The molecule has 2 heteroatoms. The second kappa shape index (κ2) is 6.02. The van der Waals surface area contributed by atoms with Crippen LogP contribution in [0.15, 0.2) is 0 Å². The Balaban J connectivity index is 1.65. The minimum Gasteiger partial charge on any atom is -0.314 e. The molecule has 94 valence electrons. The minimum absolute atomic E-state index is 0.816. The van der Waals surface area contributed by atoms with Gasteiger partial charge in [-0.15, -0.1) is 0 Å². The van der Waals surface area contributed by atoms with Crippen LogP contribution in [0.5, 0.6) is 0 Å². The maximum Gasteiger partial charge on any atom is 0.00672 e. The van der Waals surface area contributed by atoms with E-state index in [1.54, 1.807) is 0 Å². The quantitative estimate of drug-likeness (QED) is 0.741. The van der Waals surface area contributed by atoms with Gasteiger partial charge in [-0.2, -0.15) is 0 Å². The third-order valence-corrected chi connectivity index (χ3v) is 4.44. The van der Waals surface area contributed by atoms with Gasteiger partial charge in [-0.05, 0) is 57.7 Å². The summed E-state index contributed by atoms with van der Waals surface area (Å²) in [4.78, 5) is 2.46. The second-order valence-corrected chi connectivity index (χ2v) is 6.14. The van der Waals surface area contributed by atoms with Crippen LogP contribution in [-0.2, 0) is 0 Å². The highest BCUT2D eigenvalue weighted by molar-refractivity contribution is 4.78. The maximum atomic E-state index is 3.82. The first-order valence-electron chi connectivity index (χ1n) is 7.16. The van der Waals surface area contributed by atoms with E-state index in [1.807, 2.05) is 0 Å². The van der Waals surface area contributed by atoms with Crippen molar-refractivity contribution >= 4 is 0 Å². The molecule has 0 bridgehead atoms. The molecule has 0 amide bonds. The summed E-state index contributed by atoms with van der Waals surface area (Å²) in [6, 6.07) is 0.816. The second-order valence-electron chi connectivity index (χ2n) is 6.14. The lowest BCUT2D eigenvalue weighted by molar-refractivity contribution is 0.367. The van der Waals surface area contributed by atoms with Crippen LogP contribution in [0.1, 0.15) is 45.4 Å². The fraction of sp³-hybridized carbons (Fsp3) is 1.00. The molecule has 3 atom stereocenters. The van der Waals surface area contributed by atoms with Gasteiger partial charge in [0.15, 0.2) is 0 Å². The first-order valence-corrected chi connectivity index (χ1v) is 7.16. The fourth-order valence-corrected chi connectivity index (χ4v) is 3.22. The molecule has 2 nitrogen and oxygen atoms in total. The topological polar surface area (TPSA) is 15.3 Å². The molecule has 1 heterocycles. The van der Waals surface area contributed by atoms with Crippen LogP contribution in [0, 0.1) is 11.8 Å².